The van der Waals surface area contributed by atoms with Gasteiger partial charge in [0.15, 0.2) is 5.69 Å². The number of anilines is 1. The number of aromatic nitrogens is 6. The third-order valence-electron chi connectivity index (χ3n) is 4.42. The number of hydrogen-bond donors (Lipinski definition) is 2. The van der Waals surface area contributed by atoms with Crippen molar-refractivity contribution < 1.29 is 4.79 Å². The number of aryl methyl sites for hydroxylation is 2. The fourth-order valence-electron chi connectivity index (χ4n) is 3.04. The highest BCUT2D eigenvalue weighted by atomic mass is 16.2. The number of nitrogens with one attached hydrogen (secondary N) is 2. The molecule has 10 nitrogen and oxygen atoms in total. The van der Waals surface area contributed by atoms with E-state index in [9.17, 15) is 9.59 Å². The maximum Gasteiger partial charge on any atom is 0.275 e. The quantitative estimate of drug-likeness (QED) is 0.462. The van der Waals surface area contributed by atoms with Crippen LogP contribution < -0.4 is 16.1 Å². The molecule has 2 N–H and O–H groups in total. The summed E-state index contributed by atoms with van der Waals surface area (Å²) in [7, 11) is 0. The van der Waals surface area contributed by atoms with Crippen molar-refractivity contribution in [2.24, 2.45) is 0 Å². The molecule has 0 saturated heterocycles. The van der Waals surface area contributed by atoms with Crippen LogP contribution in [0.3, 0.4) is 0 Å². The Bertz CT molecular complexity index is 1260. The topological polar surface area (TPSA) is 119 Å². The molecule has 3 aromatic heterocycles. The van der Waals surface area contributed by atoms with Crippen LogP contribution in [0.4, 0.5) is 5.82 Å². The van der Waals surface area contributed by atoms with Crippen molar-refractivity contribution in [1.29, 1.82) is 0 Å². The van der Waals surface area contributed by atoms with E-state index in [1.54, 1.807) is 16.1 Å². The molecule has 0 fully saturated rings. The first-order valence-corrected chi connectivity index (χ1v) is 9.39. The van der Waals surface area contributed by atoms with Gasteiger partial charge < -0.3 is 10.6 Å². The number of nitrogens with zero attached hydrogens (tertiary/aromatic N) is 6. The van der Waals surface area contributed by atoms with Gasteiger partial charge in [-0.25, -0.2) is 9.67 Å². The van der Waals surface area contributed by atoms with Gasteiger partial charge in [0.1, 0.15) is 12.1 Å². The Labute approximate surface area is 171 Å². The zero-order valence-corrected chi connectivity index (χ0v) is 16.5. The highest BCUT2D eigenvalue weighted by Gasteiger charge is 2.15. The van der Waals surface area contributed by atoms with Crippen molar-refractivity contribution in [2.45, 2.75) is 13.8 Å². The highest BCUT2D eigenvalue weighted by molar-refractivity contribution is 5.92. The van der Waals surface area contributed by atoms with Crippen molar-refractivity contribution in [2.75, 3.05) is 18.4 Å². The molecule has 0 unspecified atom stereocenters. The molecule has 4 rings (SSSR count). The minimum Gasteiger partial charge on any atom is -0.368 e. The van der Waals surface area contributed by atoms with Crippen molar-refractivity contribution in [3.05, 3.63) is 76.1 Å². The van der Waals surface area contributed by atoms with Crippen LogP contribution in [0.2, 0.25) is 0 Å². The molecule has 0 aliphatic heterocycles. The van der Waals surface area contributed by atoms with E-state index >= 15 is 0 Å². The molecule has 0 spiro atoms. The van der Waals surface area contributed by atoms with Gasteiger partial charge in [-0.1, -0.05) is 18.2 Å². The van der Waals surface area contributed by atoms with E-state index < -0.39 is 11.3 Å². The highest BCUT2D eigenvalue weighted by Crippen LogP contribution is 2.10. The van der Waals surface area contributed by atoms with Crippen LogP contribution in [-0.2, 0) is 0 Å². The summed E-state index contributed by atoms with van der Waals surface area (Å²) in [4.78, 5) is 33.2. The summed E-state index contributed by atoms with van der Waals surface area (Å²) in [5.74, 6) is 0.680. The normalized spacial score (nSPS) is 10.9. The van der Waals surface area contributed by atoms with Crippen molar-refractivity contribution in [3.8, 4) is 5.69 Å². The molecule has 1 amide bonds. The predicted molar refractivity (Wildman–Crippen MR) is 111 cm³/mol. The van der Waals surface area contributed by atoms with Crippen molar-refractivity contribution in [3.63, 3.8) is 0 Å². The lowest BCUT2D eigenvalue weighted by Gasteiger charge is -2.12. The van der Waals surface area contributed by atoms with E-state index in [0.29, 0.717) is 23.8 Å². The van der Waals surface area contributed by atoms with Crippen LogP contribution in [0.1, 0.15) is 21.9 Å². The lowest BCUT2D eigenvalue weighted by atomic mass is 10.2. The number of rotatable bonds is 6. The lowest BCUT2D eigenvalue weighted by molar-refractivity contribution is 0.0947. The zero-order chi connectivity index (χ0) is 21.1. The largest absolute Gasteiger partial charge is 0.368 e. The minimum absolute atomic E-state index is 0.150. The molecule has 4 aromatic rings. The summed E-state index contributed by atoms with van der Waals surface area (Å²) in [5, 5.41) is 14.3. The number of para-hydroxylation sites is 1. The Hall–Kier alpha value is -4.08. The fraction of sp³-hybridized carbons (Fsp3) is 0.200. The van der Waals surface area contributed by atoms with E-state index in [4.69, 9.17) is 0 Å². The standard InChI is InChI=1S/C20H20N8O2/c1-13-10-17(28-20(25-13)23-12-24-28)21-8-9-22-19(30)18-16(29)11-14(2)27(26-18)15-6-4-3-5-7-15/h3-7,10-12,21H,8-9H2,1-2H3,(H,22,30). The Morgan fingerprint density at radius 3 is 2.70 bits per heavy atom. The second-order valence-corrected chi connectivity index (χ2v) is 6.68. The van der Waals surface area contributed by atoms with Crippen LogP contribution in [0.5, 0.6) is 0 Å². The van der Waals surface area contributed by atoms with E-state index in [0.717, 1.165) is 11.4 Å². The number of amides is 1. The molecule has 10 heteroatoms. The predicted octanol–water partition coefficient (Wildman–Crippen LogP) is 1.13. The summed E-state index contributed by atoms with van der Waals surface area (Å²) in [6, 6.07) is 12.6. The van der Waals surface area contributed by atoms with Gasteiger partial charge in [-0.05, 0) is 26.0 Å². The van der Waals surface area contributed by atoms with Crippen LogP contribution in [0, 0.1) is 13.8 Å². The Kier molecular flexibility index (Phi) is 5.21. The van der Waals surface area contributed by atoms with Crippen LogP contribution in [0.15, 0.2) is 53.6 Å². The molecule has 0 aliphatic carbocycles. The van der Waals surface area contributed by atoms with Gasteiger partial charge in [0.25, 0.3) is 11.7 Å². The molecule has 0 atom stereocenters. The summed E-state index contributed by atoms with van der Waals surface area (Å²) in [6.45, 7) is 4.34. The van der Waals surface area contributed by atoms with Gasteiger partial charge in [-0.15, -0.1) is 0 Å². The monoisotopic (exact) mass is 404 g/mol. The SMILES string of the molecule is Cc1cc(NCCNC(=O)c2nn(-c3ccccc3)c(C)cc2=O)n2ncnc2n1. The average molecular weight is 404 g/mol. The summed E-state index contributed by atoms with van der Waals surface area (Å²) in [6.07, 6.45) is 1.43. The Morgan fingerprint density at radius 2 is 1.90 bits per heavy atom. The molecule has 0 aliphatic rings. The number of carbonyl (C=O) groups is 1. The van der Waals surface area contributed by atoms with Gasteiger partial charge in [0.05, 0.1) is 5.69 Å². The van der Waals surface area contributed by atoms with Gasteiger partial charge in [-0.2, -0.15) is 19.7 Å². The zero-order valence-electron chi connectivity index (χ0n) is 16.5. The number of fused-ring (bicyclic) bond motifs is 1. The lowest BCUT2D eigenvalue weighted by Crippen LogP contribution is -2.34. The average Bonchev–Trinajstić information content (AvgIpc) is 3.20. The first-order chi connectivity index (χ1) is 14.5. The van der Waals surface area contributed by atoms with E-state index in [1.165, 1.54) is 12.4 Å². The molecule has 0 saturated carbocycles. The molecule has 0 radical (unpaired) electrons. The Morgan fingerprint density at radius 1 is 1.10 bits per heavy atom. The van der Waals surface area contributed by atoms with Gasteiger partial charge >= 0.3 is 0 Å². The third kappa shape index (κ3) is 3.88. The van der Waals surface area contributed by atoms with Gasteiger partial charge in [-0.3, -0.25) is 9.59 Å². The first kappa shape index (κ1) is 19.2. The minimum atomic E-state index is -0.525. The molecule has 30 heavy (non-hydrogen) atoms. The molecule has 3 heterocycles. The van der Waals surface area contributed by atoms with E-state index in [-0.39, 0.29) is 12.2 Å². The second kappa shape index (κ2) is 8.11. The van der Waals surface area contributed by atoms with Crippen LogP contribution in [0.25, 0.3) is 11.5 Å². The smallest absolute Gasteiger partial charge is 0.275 e. The van der Waals surface area contributed by atoms with Crippen LogP contribution >= 0.6 is 0 Å². The second-order valence-electron chi connectivity index (χ2n) is 6.68. The summed E-state index contributed by atoms with van der Waals surface area (Å²) in [5.41, 5.74) is 1.65. The molecule has 152 valence electrons. The molecule has 1 aromatic carbocycles. The van der Waals surface area contributed by atoms with Crippen molar-refractivity contribution >= 4 is 17.5 Å². The number of hydrogen-bond acceptors (Lipinski definition) is 7. The van der Waals surface area contributed by atoms with Crippen LogP contribution in [-0.4, -0.2) is 48.4 Å². The fourth-order valence-corrected chi connectivity index (χ4v) is 3.04. The number of carbonyl (C=O) groups excluding carboxylic acids is 1. The third-order valence-corrected chi connectivity index (χ3v) is 4.42. The van der Waals surface area contributed by atoms with Crippen molar-refractivity contribution in [1.82, 2.24) is 34.7 Å². The summed E-state index contributed by atoms with van der Waals surface area (Å²) >= 11 is 0. The molecular formula is C20H20N8O2. The Balaban J connectivity index is 1.44. The first-order valence-electron chi connectivity index (χ1n) is 9.39. The molecular weight excluding hydrogens is 384 g/mol. The maximum absolute atomic E-state index is 12.5. The summed E-state index contributed by atoms with van der Waals surface area (Å²) < 4.78 is 3.16. The van der Waals surface area contributed by atoms with Gasteiger partial charge in [0, 0.05) is 36.6 Å². The van der Waals surface area contributed by atoms with Gasteiger partial charge in [0.2, 0.25) is 5.43 Å². The number of benzene rings is 1. The van der Waals surface area contributed by atoms with E-state index in [2.05, 4.69) is 30.8 Å². The maximum atomic E-state index is 12.5. The molecule has 0 bridgehead atoms. The van der Waals surface area contributed by atoms with E-state index in [1.807, 2.05) is 43.3 Å².